The molecule has 0 aliphatic heterocycles. The molecule has 4 rings (SSSR count). The van der Waals surface area contributed by atoms with Crippen LogP contribution in [0.5, 0.6) is 5.88 Å². The van der Waals surface area contributed by atoms with Crippen molar-refractivity contribution in [3.63, 3.8) is 0 Å². The SMILES string of the molecule is CCOc1cn2c(COC(CC)c3ccc(-c4ccccc4)c(C(=O)O)c3)ccc(C)c2n1. The summed E-state index contributed by atoms with van der Waals surface area (Å²) in [6.45, 7) is 6.89. The number of ether oxygens (including phenoxy) is 2. The summed E-state index contributed by atoms with van der Waals surface area (Å²) in [7, 11) is 0. The van der Waals surface area contributed by atoms with Gasteiger partial charge in [-0.3, -0.25) is 4.40 Å². The van der Waals surface area contributed by atoms with E-state index < -0.39 is 5.97 Å². The minimum absolute atomic E-state index is 0.237. The number of aryl methyl sites for hydroxylation is 1. The molecule has 33 heavy (non-hydrogen) atoms. The van der Waals surface area contributed by atoms with E-state index in [0.717, 1.165) is 28.0 Å². The van der Waals surface area contributed by atoms with Crippen LogP contribution in [0.25, 0.3) is 16.8 Å². The van der Waals surface area contributed by atoms with Crippen molar-refractivity contribution in [2.75, 3.05) is 6.61 Å². The number of benzene rings is 2. The fourth-order valence-corrected chi connectivity index (χ4v) is 4.01. The van der Waals surface area contributed by atoms with Crippen molar-refractivity contribution >= 4 is 11.6 Å². The lowest BCUT2D eigenvalue weighted by Crippen LogP contribution is -2.08. The standard InChI is InChI=1S/C27H28N2O4/c1-4-24(20-12-14-22(23(15-20)27(30)31)19-9-7-6-8-10-19)33-17-21-13-11-18(3)26-28-25(32-5-2)16-29(21)26/h6-16,24H,4-5,17H2,1-3H3,(H,30,31). The third kappa shape index (κ3) is 4.76. The molecule has 0 saturated heterocycles. The van der Waals surface area contributed by atoms with Crippen molar-refractivity contribution in [3.8, 4) is 17.0 Å². The number of fused-ring (bicyclic) bond motifs is 1. The summed E-state index contributed by atoms with van der Waals surface area (Å²) < 4.78 is 13.8. The molecule has 0 fully saturated rings. The van der Waals surface area contributed by atoms with Crippen molar-refractivity contribution in [2.24, 2.45) is 0 Å². The van der Waals surface area contributed by atoms with Gasteiger partial charge in [-0.1, -0.05) is 55.5 Å². The highest BCUT2D eigenvalue weighted by Gasteiger charge is 2.18. The van der Waals surface area contributed by atoms with Crippen LogP contribution in [0.15, 0.2) is 66.9 Å². The molecular formula is C27H28N2O4. The molecule has 0 aliphatic carbocycles. The summed E-state index contributed by atoms with van der Waals surface area (Å²) in [5.41, 5.74) is 5.54. The number of hydrogen-bond acceptors (Lipinski definition) is 4. The van der Waals surface area contributed by atoms with Gasteiger partial charge in [0.1, 0.15) is 5.65 Å². The van der Waals surface area contributed by atoms with Gasteiger partial charge in [0.05, 0.1) is 36.8 Å². The predicted octanol–water partition coefficient (Wildman–Crippen LogP) is 6.07. The van der Waals surface area contributed by atoms with Crippen LogP contribution in [0.4, 0.5) is 0 Å². The molecule has 0 aliphatic rings. The predicted molar refractivity (Wildman–Crippen MR) is 128 cm³/mol. The zero-order valence-corrected chi connectivity index (χ0v) is 19.1. The Morgan fingerprint density at radius 1 is 1.09 bits per heavy atom. The molecule has 1 unspecified atom stereocenters. The molecule has 0 radical (unpaired) electrons. The highest BCUT2D eigenvalue weighted by molar-refractivity contribution is 5.96. The first-order chi connectivity index (χ1) is 16.0. The highest BCUT2D eigenvalue weighted by atomic mass is 16.5. The van der Waals surface area contributed by atoms with Gasteiger partial charge in [-0.25, -0.2) is 4.79 Å². The Morgan fingerprint density at radius 3 is 2.58 bits per heavy atom. The summed E-state index contributed by atoms with van der Waals surface area (Å²) in [6, 6.07) is 19.2. The van der Waals surface area contributed by atoms with Crippen LogP contribution < -0.4 is 4.74 Å². The number of pyridine rings is 1. The van der Waals surface area contributed by atoms with Gasteiger partial charge in [0.15, 0.2) is 0 Å². The van der Waals surface area contributed by atoms with Gasteiger partial charge in [0.25, 0.3) is 0 Å². The molecule has 2 heterocycles. The van der Waals surface area contributed by atoms with Crippen LogP contribution >= 0.6 is 0 Å². The summed E-state index contributed by atoms with van der Waals surface area (Å²) >= 11 is 0. The summed E-state index contributed by atoms with van der Waals surface area (Å²) in [5.74, 6) is -0.365. The van der Waals surface area contributed by atoms with Gasteiger partial charge in [-0.05, 0) is 54.7 Å². The number of carboxylic acid groups (broad SMARTS) is 1. The molecule has 2 aromatic carbocycles. The van der Waals surface area contributed by atoms with Crippen LogP contribution in [0.1, 0.15) is 53.6 Å². The first kappa shape index (κ1) is 22.6. The van der Waals surface area contributed by atoms with E-state index in [1.807, 2.05) is 86.0 Å². The van der Waals surface area contributed by atoms with E-state index in [-0.39, 0.29) is 11.7 Å². The lowest BCUT2D eigenvalue weighted by molar-refractivity contribution is 0.0347. The highest BCUT2D eigenvalue weighted by Crippen LogP contribution is 2.30. The molecule has 170 valence electrons. The fourth-order valence-electron chi connectivity index (χ4n) is 4.01. The molecule has 6 nitrogen and oxygen atoms in total. The van der Waals surface area contributed by atoms with Gasteiger partial charge >= 0.3 is 5.97 Å². The van der Waals surface area contributed by atoms with Crippen LogP contribution in [-0.2, 0) is 11.3 Å². The molecule has 0 amide bonds. The number of hydrogen-bond donors (Lipinski definition) is 1. The van der Waals surface area contributed by atoms with Gasteiger partial charge in [-0.15, -0.1) is 0 Å². The average molecular weight is 445 g/mol. The monoisotopic (exact) mass is 444 g/mol. The maximum atomic E-state index is 12.0. The quantitative estimate of drug-likeness (QED) is 0.339. The largest absolute Gasteiger partial charge is 0.478 e. The Labute approximate surface area is 193 Å². The molecule has 1 atom stereocenters. The number of nitrogens with zero attached hydrogens (tertiary/aromatic N) is 2. The van der Waals surface area contributed by atoms with E-state index in [0.29, 0.717) is 31.1 Å². The summed E-state index contributed by atoms with van der Waals surface area (Å²) in [5, 5.41) is 9.84. The number of aromatic carboxylic acids is 1. The Balaban J connectivity index is 1.61. The zero-order valence-electron chi connectivity index (χ0n) is 19.1. The normalized spacial score (nSPS) is 12.1. The molecule has 4 aromatic rings. The van der Waals surface area contributed by atoms with Crippen molar-refractivity contribution in [2.45, 2.75) is 39.9 Å². The van der Waals surface area contributed by atoms with Crippen molar-refractivity contribution in [1.29, 1.82) is 0 Å². The Hall–Kier alpha value is -3.64. The number of aromatic nitrogens is 2. The molecule has 2 aromatic heterocycles. The zero-order chi connectivity index (χ0) is 23.4. The van der Waals surface area contributed by atoms with Gasteiger partial charge in [-0.2, -0.15) is 4.98 Å². The molecule has 6 heteroatoms. The Morgan fingerprint density at radius 2 is 1.88 bits per heavy atom. The maximum absolute atomic E-state index is 12.0. The second-order valence-electron chi connectivity index (χ2n) is 7.90. The molecule has 0 bridgehead atoms. The van der Waals surface area contributed by atoms with Crippen molar-refractivity contribution < 1.29 is 19.4 Å². The smallest absolute Gasteiger partial charge is 0.336 e. The van der Waals surface area contributed by atoms with E-state index in [9.17, 15) is 9.90 Å². The second-order valence-corrected chi connectivity index (χ2v) is 7.90. The average Bonchev–Trinajstić information content (AvgIpc) is 3.26. The molecule has 0 saturated carbocycles. The first-order valence-corrected chi connectivity index (χ1v) is 11.2. The summed E-state index contributed by atoms with van der Waals surface area (Å²) in [4.78, 5) is 16.6. The van der Waals surface area contributed by atoms with Crippen LogP contribution in [0.2, 0.25) is 0 Å². The van der Waals surface area contributed by atoms with E-state index >= 15 is 0 Å². The third-order valence-electron chi connectivity index (χ3n) is 5.70. The van der Waals surface area contributed by atoms with Gasteiger partial charge < -0.3 is 14.6 Å². The molecular weight excluding hydrogens is 416 g/mol. The number of carboxylic acids is 1. The van der Waals surface area contributed by atoms with E-state index in [2.05, 4.69) is 4.98 Å². The fraction of sp³-hybridized carbons (Fsp3) is 0.259. The van der Waals surface area contributed by atoms with Crippen molar-refractivity contribution in [1.82, 2.24) is 9.38 Å². The number of rotatable bonds is 9. The molecule has 0 spiro atoms. The van der Waals surface area contributed by atoms with Crippen LogP contribution in [-0.4, -0.2) is 27.1 Å². The van der Waals surface area contributed by atoms with E-state index in [1.54, 1.807) is 6.07 Å². The van der Waals surface area contributed by atoms with Gasteiger partial charge in [0.2, 0.25) is 5.88 Å². The lowest BCUT2D eigenvalue weighted by atomic mass is 9.95. The molecule has 1 N–H and O–H groups in total. The van der Waals surface area contributed by atoms with Gasteiger partial charge in [0, 0.05) is 0 Å². The first-order valence-electron chi connectivity index (χ1n) is 11.2. The van der Waals surface area contributed by atoms with Crippen LogP contribution in [0.3, 0.4) is 0 Å². The maximum Gasteiger partial charge on any atom is 0.336 e. The van der Waals surface area contributed by atoms with Crippen molar-refractivity contribution in [3.05, 3.63) is 89.2 Å². The lowest BCUT2D eigenvalue weighted by Gasteiger charge is -2.19. The van der Waals surface area contributed by atoms with E-state index in [4.69, 9.17) is 9.47 Å². The topological polar surface area (TPSA) is 73.1 Å². The minimum atomic E-state index is -0.951. The number of carbonyl (C=O) groups is 1. The Kier molecular flexibility index (Phi) is 6.75. The minimum Gasteiger partial charge on any atom is -0.478 e. The van der Waals surface area contributed by atoms with E-state index in [1.165, 1.54) is 0 Å². The third-order valence-corrected chi connectivity index (χ3v) is 5.70. The Bertz CT molecular complexity index is 1260. The van der Waals surface area contributed by atoms with Crippen LogP contribution in [0, 0.1) is 6.92 Å². The summed E-state index contributed by atoms with van der Waals surface area (Å²) in [6.07, 6.45) is 2.36. The second kappa shape index (κ2) is 9.88. The number of imidazole rings is 1.